The van der Waals surface area contributed by atoms with Crippen LogP contribution in [0.1, 0.15) is 19.4 Å². The predicted molar refractivity (Wildman–Crippen MR) is 62.1 cm³/mol. The third-order valence-corrected chi connectivity index (χ3v) is 2.88. The Morgan fingerprint density at radius 1 is 1.41 bits per heavy atom. The van der Waals surface area contributed by atoms with Gasteiger partial charge in [0.05, 0.1) is 0 Å². The van der Waals surface area contributed by atoms with Crippen LogP contribution in [-0.4, -0.2) is 36.6 Å². The molecule has 0 aliphatic heterocycles. The van der Waals surface area contributed by atoms with E-state index in [1.165, 1.54) is 19.3 Å². The van der Waals surface area contributed by atoms with Crippen molar-refractivity contribution in [3.63, 3.8) is 0 Å². The molecule has 1 aromatic heterocycles. The fourth-order valence-electron chi connectivity index (χ4n) is 1.39. The van der Waals surface area contributed by atoms with Crippen LogP contribution < -0.4 is 5.32 Å². The van der Waals surface area contributed by atoms with Crippen LogP contribution in [-0.2, 0) is 21.1 Å². The van der Waals surface area contributed by atoms with Gasteiger partial charge in [0.15, 0.2) is 0 Å². The fraction of sp³-hybridized carbons (Fsp3) is 0.500. The molecule has 7 heteroatoms. The van der Waals surface area contributed by atoms with Crippen LogP contribution in [0.3, 0.4) is 0 Å². The number of carbonyl (C=O) groups is 1. The van der Waals surface area contributed by atoms with Crippen molar-refractivity contribution < 1.29 is 13.2 Å². The molecule has 1 amide bonds. The van der Waals surface area contributed by atoms with Crippen LogP contribution >= 0.6 is 0 Å². The second-order valence-corrected chi connectivity index (χ2v) is 5.86. The highest BCUT2D eigenvalue weighted by Crippen LogP contribution is 2.04. The molecule has 1 atom stereocenters. The molecule has 1 rings (SSSR count). The molecule has 1 heterocycles. The van der Waals surface area contributed by atoms with Gasteiger partial charge in [0.2, 0.25) is 20.9 Å². The van der Waals surface area contributed by atoms with E-state index in [9.17, 15) is 13.2 Å². The molecule has 0 radical (unpaired) electrons. The molecule has 1 aromatic rings. The largest absolute Gasteiger partial charge is 0.354 e. The van der Waals surface area contributed by atoms with Crippen molar-refractivity contribution in [3.05, 3.63) is 18.0 Å². The summed E-state index contributed by atoms with van der Waals surface area (Å²) < 4.78 is 22.3. The molecule has 94 valence electrons. The van der Waals surface area contributed by atoms with E-state index in [0.717, 1.165) is 11.8 Å². The third-order valence-electron chi connectivity index (χ3n) is 2.00. The summed E-state index contributed by atoms with van der Waals surface area (Å²) in [4.78, 5) is 18.3. The normalized spacial score (nSPS) is 13.1. The van der Waals surface area contributed by atoms with Gasteiger partial charge in [0.25, 0.3) is 0 Å². The van der Waals surface area contributed by atoms with Crippen LogP contribution in [0, 0.1) is 0 Å². The minimum Gasteiger partial charge on any atom is -0.354 e. The summed E-state index contributed by atoms with van der Waals surface area (Å²) in [7, 11) is -3.36. The van der Waals surface area contributed by atoms with Crippen molar-refractivity contribution in [2.75, 3.05) is 6.26 Å². The summed E-state index contributed by atoms with van der Waals surface area (Å²) in [6.45, 7) is 3.30. The Morgan fingerprint density at radius 2 is 1.94 bits per heavy atom. The predicted octanol–water partition coefficient (Wildman–Crippen LogP) is -0.0528. The first-order valence-electron chi connectivity index (χ1n) is 5.07. The highest BCUT2D eigenvalue weighted by Gasteiger charge is 2.11. The molecule has 0 aliphatic carbocycles. The van der Waals surface area contributed by atoms with Crippen molar-refractivity contribution in [2.24, 2.45) is 0 Å². The second kappa shape index (κ2) is 5.22. The summed E-state index contributed by atoms with van der Waals surface area (Å²) in [5.74, 6) is -0.105. The van der Waals surface area contributed by atoms with Crippen molar-refractivity contribution in [1.82, 2.24) is 15.3 Å². The lowest BCUT2D eigenvalue weighted by molar-refractivity contribution is -0.119. The van der Waals surface area contributed by atoms with Gasteiger partial charge in [-0.05, 0) is 18.9 Å². The maximum Gasteiger partial charge on any atom is 0.246 e. The number of rotatable bonds is 4. The van der Waals surface area contributed by atoms with E-state index < -0.39 is 9.84 Å². The molecule has 17 heavy (non-hydrogen) atoms. The van der Waals surface area contributed by atoms with E-state index >= 15 is 0 Å². The zero-order valence-corrected chi connectivity index (χ0v) is 10.8. The summed E-state index contributed by atoms with van der Waals surface area (Å²) in [5, 5.41) is 2.54. The third kappa shape index (κ3) is 4.48. The molecular formula is C10H15N3O3S. The Morgan fingerprint density at radius 3 is 2.35 bits per heavy atom. The number of sulfone groups is 1. The van der Waals surface area contributed by atoms with Gasteiger partial charge in [-0.2, -0.15) is 0 Å². The molecule has 0 spiro atoms. The Kier molecular flexibility index (Phi) is 4.17. The lowest BCUT2D eigenvalue weighted by atomic mass is 10.1. The van der Waals surface area contributed by atoms with Gasteiger partial charge in [0.1, 0.15) is 0 Å². The number of nitrogens with zero attached hydrogens (tertiary/aromatic N) is 2. The van der Waals surface area contributed by atoms with Crippen LogP contribution in [0.25, 0.3) is 0 Å². The highest BCUT2D eigenvalue weighted by atomic mass is 32.2. The van der Waals surface area contributed by atoms with Gasteiger partial charge in [-0.3, -0.25) is 4.79 Å². The van der Waals surface area contributed by atoms with Crippen molar-refractivity contribution in [3.8, 4) is 0 Å². The zero-order valence-electron chi connectivity index (χ0n) is 9.97. The van der Waals surface area contributed by atoms with Crippen molar-refractivity contribution in [2.45, 2.75) is 31.5 Å². The first-order valence-corrected chi connectivity index (χ1v) is 6.96. The number of hydrogen-bond acceptors (Lipinski definition) is 5. The summed E-state index contributed by atoms with van der Waals surface area (Å²) in [6.07, 6.45) is 4.54. The quantitative estimate of drug-likeness (QED) is 0.764. The molecular weight excluding hydrogens is 242 g/mol. The Bertz CT molecular complexity index is 496. The van der Waals surface area contributed by atoms with Crippen LogP contribution in [0.4, 0.5) is 0 Å². The minimum absolute atomic E-state index is 0.0415. The molecule has 1 unspecified atom stereocenters. The smallest absolute Gasteiger partial charge is 0.246 e. The van der Waals surface area contributed by atoms with E-state index in [0.29, 0.717) is 6.42 Å². The molecule has 1 N–H and O–H groups in total. The Labute approximate surface area is 100 Å². The van der Waals surface area contributed by atoms with Crippen LogP contribution in [0.5, 0.6) is 0 Å². The first-order chi connectivity index (χ1) is 7.79. The minimum atomic E-state index is -3.36. The summed E-state index contributed by atoms with van der Waals surface area (Å²) in [6, 6.07) is -0.0415. The number of aromatic nitrogens is 2. The van der Waals surface area contributed by atoms with E-state index in [1.807, 2.05) is 6.92 Å². The molecule has 0 saturated carbocycles. The standard InChI is InChI=1S/C10H15N3O3S/c1-7(13-8(2)14)4-9-5-11-10(12-6-9)17(3,15)16/h5-7H,4H2,1-3H3,(H,13,14). The van der Waals surface area contributed by atoms with E-state index in [1.54, 1.807) is 0 Å². The lowest BCUT2D eigenvalue weighted by Gasteiger charge is -2.11. The van der Waals surface area contributed by atoms with Crippen molar-refractivity contribution >= 4 is 15.7 Å². The molecule has 0 aromatic carbocycles. The van der Waals surface area contributed by atoms with Gasteiger partial charge < -0.3 is 5.32 Å². The Balaban J connectivity index is 2.72. The fourth-order valence-corrected chi connectivity index (χ4v) is 1.88. The average Bonchev–Trinajstić information content (AvgIpc) is 2.15. The lowest BCUT2D eigenvalue weighted by Crippen LogP contribution is -2.32. The Hall–Kier alpha value is -1.50. The summed E-state index contributed by atoms with van der Waals surface area (Å²) >= 11 is 0. The monoisotopic (exact) mass is 257 g/mol. The average molecular weight is 257 g/mol. The maximum absolute atomic E-state index is 11.1. The van der Waals surface area contributed by atoms with Gasteiger partial charge in [-0.1, -0.05) is 0 Å². The first kappa shape index (κ1) is 13.6. The number of nitrogens with one attached hydrogen (secondary N) is 1. The zero-order chi connectivity index (χ0) is 13.1. The molecule has 0 bridgehead atoms. The van der Waals surface area contributed by atoms with Crippen molar-refractivity contribution in [1.29, 1.82) is 0 Å². The van der Waals surface area contributed by atoms with Gasteiger partial charge in [-0.15, -0.1) is 0 Å². The maximum atomic E-state index is 11.1. The summed E-state index contributed by atoms with van der Waals surface area (Å²) in [5.41, 5.74) is 0.777. The second-order valence-electron chi connectivity index (χ2n) is 3.95. The number of carbonyl (C=O) groups excluding carboxylic acids is 1. The van der Waals surface area contributed by atoms with Gasteiger partial charge >= 0.3 is 0 Å². The molecule has 0 saturated heterocycles. The van der Waals surface area contributed by atoms with E-state index in [-0.39, 0.29) is 17.1 Å². The SMILES string of the molecule is CC(=O)NC(C)Cc1cnc(S(C)(=O)=O)nc1. The number of amides is 1. The van der Waals surface area contributed by atoms with Gasteiger partial charge in [0, 0.05) is 31.6 Å². The molecule has 0 aliphatic rings. The topological polar surface area (TPSA) is 89.0 Å². The van der Waals surface area contributed by atoms with Crippen LogP contribution in [0.15, 0.2) is 17.6 Å². The number of hydrogen-bond donors (Lipinski definition) is 1. The molecule has 0 fully saturated rings. The van der Waals surface area contributed by atoms with E-state index in [4.69, 9.17) is 0 Å². The molecule has 6 nitrogen and oxygen atoms in total. The van der Waals surface area contributed by atoms with E-state index in [2.05, 4.69) is 15.3 Å². The highest BCUT2D eigenvalue weighted by molar-refractivity contribution is 7.90. The van der Waals surface area contributed by atoms with Crippen LogP contribution in [0.2, 0.25) is 0 Å². The van der Waals surface area contributed by atoms with Gasteiger partial charge in [-0.25, -0.2) is 18.4 Å².